The summed E-state index contributed by atoms with van der Waals surface area (Å²) in [5, 5.41) is 2.95. The van der Waals surface area contributed by atoms with E-state index in [9.17, 15) is 4.79 Å². The van der Waals surface area contributed by atoms with Crippen LogP contribution in [0.3, 0.4) is 0 Å². The van der Waals surface area contributed by atoms with Gasteiger partial charge in [-0.05, 0) is 30.5 Å². The van der Waals surface area contributed by atoms with E-state index in [1.54, 1.807) is 7.11 Å². The van der Waals surface area contributed by atoms with Gasteiger partial charge in [-0.3, -0.25) is 4.79 Å². The van der Waals surface area contributed by atoms with Crippen LogP contribution in [-0.2, 0) is 22.7 Å². The fourth-order valence-corrected chi connectivity index (χ4v) is 2.07. The summed E-state index contributed by atoms with van der Waals surface area (Å²) in [6.45, 7) is 1.92. The maximum absolute atomic E-state index is 11.7. The Hall–Kier alpha value is -1.39. The minimum atomic E-state index is 0.120. The molecular formula is C16H26N2O2. The van der Waals surface area contributed by atoms with E-state index in [0.717, 1.165) is 43.4 Å². The van der Waals surface area contributed by atoms with Crippen LogP contribution >= 0.6 is 0 Å². The smallest absolute Gasteiger partial charge is 0.220 e. The van der Waals surface area contributed by atoms with Crippen LogP contribution in [0.2, 0.25) is 0 Å². The lowest BCUT2D eigenvalue weighted by atomic mass is 10.1. The fourth-order valence-electron chi connectivity index (χ4n) is 2.07. The summed E-state index contributed by atoms with van der Waals surface area (Å²) in [6, 6.07) is 8.08. The number of methoxy groups -OCH3 is 1. The first kappa shape index (κ1) is 16.7. The van der Waals surface area contributed by atoms with Gasteiger partial charge in [0.15, 0.2) is 0 Å². The zero-order valence-electron chi connectivity index (χ0n) is 12.4. The van der Waals surface area contributed by atoms with Crippen LogP contribution in [-0.4, -0.2) is 19.6 Å². The molecule has 3 N–H and O–H groups in total. The molecule has 112 valence electrons. The van der Waals surface area contributed by atoms with Crippen LogP contribution in [0.15, 0.2) is 24.3 Å². The summed E-state index contributed by atoms with van der Waals surface area (Å²) < 4.78 is 5.10. The molecule has 0 saturated carbocycles. The van der Waals surface area contributed by atoms with Crippen molar-refractivity contribution >= 4 is 5.91 Å². The first-order valence-corrected chi connectivity index (χ1v) is 7.29. The average molecular weight is 278 g/mol. The molecule has 0 saturated heterocycles. The Morgan fingerprint density at radius 2 is 1.95 bits per heavy atom. The number of carbonyl (C=O) groups excluding carboxylic acids is 1. The second-order valence-electron chi connectivity index (χ2n) is 4.98. The number of nitrogens with one attached hydrogen (secondary N) is 1. The molecule has 1 aromatic carbocycles. The molecule has 0 heterocycles. The van der Waals surface area contributed by atoms with Crippen molar-refractivity contribution in [2.75, 3.05) is 13.7 Å². The van der Waals surface area contributed by atoms with Crippen LogP contribution < -0.4 is 11.1 Å². The van der Waals surface area contributed by atoms with Gasteiger partial charge in [-0.2, -0.15) is 0 Å². The van der Waals surface area contributed by atoms with Crippen molar-refractivity contribution in [2.45, 2.75) is 45.3 Å². The lowest BCUT2D eigenvalue weighted by Crippen LogP contribution is -2.22. The lowest BCUT2D eigenvalue weighted by Gasteiger charge is -2.07. The van der Waals surface area contributed by atoms with E-state index < -0.39 is 0 Å². The van der Waals surface area contributed by atoms with Crippen LogP contribution in [0.4, 0.5) is 0 Å². The summed E-state index contributed by atoms with van der Waals surface area (Å²) in [4.78, 5) is 11.7. The van der Waals surface area contributed by atoms with Crippen molar-refractivity contribution in [3.8, 4) is 0 Å². The van der Waals surface area contributed by atoms with Gasteiger partial charge in [0.2, 0.25) is 5.91 Å². The Morgan fingerprint density at radius 1 is 1.20 bits per heavy atom. The predicted octanol–water partition coefficient (Wildman–Crippen LogP) is 2.36. The van der Waals surface area contributed by atoms with E-state index in [1.165, 1.54) is 0 Å². The molecule has 0 atom stereocenters. The molecule has 0 bridgehead atoms. The molecule has 0 fully saturated rings. The van der Waals surface area contributed by atoms with E-state index in [1.807, 2.05) is 18.2 Å². The minimum Gasteiger partial charge on any atom is -0.380 e. The van der Waals surface area contributed by atoms with Crippen molar-refractivity contribution in [3.05, 3.63) is 35.4 Å². The van der Waals surface area contributed by atoms with Crippen molar-refractivity contribution < 1.29 is 9.53 Å². The molecule has 1 aromatic rings. The normalized spacial score (nSPS) is 10.5. The van der Waals surface area contributed by atoms with Gasteiger partial charge in [0, 0.05) is 20.1 Å². The number of benzene rings is 1. The Balaban J connectivity index is 2.21. The van der Waals surface area contributed by atoms with E-state index >= 15 is 0 Å². The zero-order chi connectivity index (χ0) is 14.6. The Bertz CT molecular complexity index is 394. The van der Waals surface area contributed by atoms with E-state index in [2.05, 4.69) is 11.4 Å². The van der Waals surface area contributed by atoms with Crippen LogP contribution in [0, 0.1) is 0 Å². The number of carbonyl (C=O) groups is 1. The predicted molar refractivity (Wildman–Crippen MR) is 81.1 cm³/mol. The molecule has 4 heteroatoms. The number of unbranched alkanes of at least 4 members (excludes halogenated alkanes) is 3. The van der Waals surface area contributed by atoms with Crippen LogP contribution in [0.1, 0.15) is 43.2 Å². The molecule has 20 heavy (non-hydrogen) atoms. The van der Waals surface area contributed by atoms with Crippen molar-refractivity contribution in [2.24, 2.45) is 5.73 Å². The highest BCUT2D eigenvalue weighted by molar-refractivity contribution is 5.75. The maximum atomic E-state index is 11.7. The molecule has 0 aliphatic heterocycles. The third-order valence-corrected chi connectivity index (χ3v) is 3.15. The van der Waals surface area contributed by atoms with Gasteiger partial charge >= 0.3 is 0 Å². The highest BCUT2D eigenvalue weighted by atomic mass is 16.5. The lowest BCUT2D eigenvalue weighted by molar-refractivity contribution is -0.121. The van der Waals surface area contributed by atoms with Gasteiger partial charge in [-0.25, -0.2) is 0 Å². The standard InChI is InChI=1S/C16H26N2O2/c1-20-13-15-8-6-7-14(11-15)12-18-16(19)9-4-2-3-5-10-17/h6-8,11H,2-5,9-10,12-13,17H2,1H3,(H,18,19). The number of rotatable bonds is 10. The van der Waals surface area contributed by atoms with Crippen LogP contribution in [0.5, 0.6) is 0 Å². The summed E-state index contributed by atoms with van der Waals surface area (Å²) in [6.07, 6.45) is 4.78. The number of hydrogen-bond donors (Lipinski definition) is 2. The topological polar surface area (TPSA) is 64.3 Å². The molecule has 1 rings (SSSR count). The zero-order valence-corrected chi connectivity index (χ0v) is 12.4. The Labute approximate surface area is 121 Å². The molecule has 0 aliphatic rings. The van der Waals surface area contributed by atoms with Crippen molar-refractivity contribution in [3.63, 3.8) is 0 Å². The fraction of sp³-hybridized carbons (Fsp3) is 0.562. The summed E-state index contributed by atoms with van der Waals surface area (Å²) >= 11 is 0. The van der Waals surface area contributed by atoms with Gasteiger partial charge in [0.05, 0.1) is 6.61 Å². The molecule has 0 aromatic heterocycles. The number of amides is 1. The van der Waals surface area contributed by atoms with E-state index in [0.29, 0.717) is 19.6 Å². The summed E-state index contributed by atoms with van der Waals surface area (Å²) in [7, 11) is 1.68. The molecule has 0 aliphatic carbocycles. The monoisotopic (exact) mass is 278 g/mol. The molecule has 0 spiro atoms. The highest BCUT2D eigenvalue weighted by Gasteiger charge is 2.02. The molecule has 1 amide bonds. The second kappa shape index (κ2) is 10.4. The average Bonchev–Trinajstić information content (AvgIpc) is 2.46. The quantitative estimate of drug-likeness (QED) is 0.646. The van der Waals surface area contributed by atoms with Gasteiger partial charge in [0.25, 0.3) is 0 Å². The third-order valence-electron chi connectivity index (χ3n) is 3.15. The molecule has 0 unspecified atom stereocenters. The Morgan fingerprint density at radius 3 is 2.70 bits per heavy atom. The van der Waals surface area contributed by atoms with Crippen molar-refractivity contribution in [1.29, 1.82) is 0 Å². The summed E-state index contributed by atoms with van der Waals surface area (Å²) in [5.74, 6) is 0.120. The Kier molecular flexibility index (Phi) is 8.67. The molecule has 4 nitrogen and oxygen atoms in total. The SMILES string of the molecule is COCc1cccc(CNC(=O)CCCCCCN)c1. The second-order valence-corrected chi connectivity index (χ2v) is 4.98. The van der Waals surface area contributed by atoms with Crippen molar-refractivity contribution in [1.82, 2.24) is 5.32 Å². The van der Waals surface area contributed by atoms with Gasteiger partial charge < -0.3 is 15.8 Å². The molecule has 0 radical (unpaired) electrons. The summed E-state index contributed by atoms with van der Waals surface area (Å²) in [5.41, 5.74) is 7.66. The molecular weight excluding hydrogens is 252 g/mol. The minimum absolute atomic E-state index is 0.120. The third kappa shape index (κ3) is 7.26. The van der Waals surface area contributed by atoms with Crippen LogP contribution in [0.25, 0.3) is 0 Å². The van der Waals surface area contributed by atoms with Gasteiger partial charge in [-0.15, -0.1) is 0 Å². The largest absolute Gasteiger partial charge is 0.380 e. The maximum Gasteiger partial charge on any atom is 0.220 e. The number of hydrogen-bond acceptors (Lipinski definition) is 3. The number of nitrogens with two attached hydrogens (primary N) is 1. The number of ether oxygens (including phenoxy) is 1. The van der Waals surface area contributed by atoms with E-state index in [-0.39, 0.29) is 5.91 Å². The van der Waals surface area contributed by atoms with E-state index in [4.69, 9.17) is 10.5 Å². The van der Waals surface area contributed by atoms with Gasteiger partial charge in [-0.1, -0.05) is 37.1 Å². The first-order chi connectivity index (χ1) is 9.76. The first-order valence-electron chi connectivity index (χ1n) is 7.29. The van der Waals surface area contributed by atoms with Gasteiger partial charge in [0.1, 0.15) is 0 Å². The highest BCUT2D eigenvalue weighted by Crippen LogP contribution is 2.07.